The van der Waals surface area contributed by atoms with Gasteiger partial charge in [-0.2, -0.15) is 0 Å². The Morgan fingerprint density at radius 2 is 2.17 bits per heavy atom. The maximum absolute atomic E-state index is 5.83. The highest BCUT2D eigenvalue weighted by Gasteiger charge is 2.03. The van der Waals surface area contributed by atoms with E-state index in [4.69, 9.17) is 5.73 Å². The molecule has 0 radical (unpaired) electrons. The lowest BCUT2D eigenvalue weighted by molar-refractivity contribution is 1.13. The zero-order valence-electron chi connectivity index (χ0n) is 7.72. The number of nitrogens with two attached hydrogens (primary N) is 1. The van der Waals surface area contributed by atoms with E-state index in [2.05, 4.69) is 19.6 Å². The van der Waals surface area contributed by atoms with Crippen LogP contribution in [0.1, 0.15) is 25.0 Å². The summed E-state index contributed by atoms with van der Waals surface area (Å²) in [5.41, 5.74) is 10.2. The minimum Gasteiger partial charge on any atom is -0.398 e. The highest BCUT2D eigenvalue weighted by molar-refractivity contribution is 5.69. The monoisotopic (exact) mass is 161 g/mol. The molecule has 12 heavy (non-hydrogen) atoms. The SMILES string of the molecule is C=C(C)c1cccc(N)c1CC. The van der Waals surface area contributed by atoms with Gasteiger partial charge in [-0.3, -0.25) is 0 Å². The van der Waals surface area contributed by atoms with Crippen molar-refractivity contribution in [3.05, 3.63) is 35.9 Å². The molecular formula is C11H15N. The molecule has 0 aromatic heterocycles. The Bertz CT molecular complexity index is 300. The van der Waals surface area contributed by atoms with E-state index in [1.54, 1.807) is 0 Å². The Morgan fingerprint density at radius 1 is 1.50 bits per heavy atom. The van der Waals surface area contributed by atoms with Crippen molar-refractivity contribution in [3.8, 4) is 0 Å². The lowest BCUT2D eigenvalue weighted by Crippen LogP contribution is -1.96. The fourth-order valence-electron chi connectivity index (χ4n) is 1.40. The van der Waals surface area contributed by atoms with Crippen LogP contribution >= 0.6 is 0 Å². The van der Waals surface area contributed by atoms with Gasteiger partial charge in [0.2, 0.25) is 0 Å². The molecule has 1 heteroatoms. The lowest BCUT2D eigenvalue weighted by Gasteiger charge is -2.09. The summed E-state index contributed by atoms with van der Waals surface area (Å²) in [5.74, 6) is 0. The summed E-state index contributed by atoms with van der Waals surface area (Å²) in [6.07, 6.45) is 0.967. The highest BCUT2D eigenvalue weighted by Crippen LogP contribution is 2.22. The van der Waals surface area contributed by atoms with E-state index >= 15 is 0 Å². The van der Waals surface area contributed by atoms with Gasteiger partial charge in [0.15, 0.2) is 0 Å². The van der Waals surface area contributed by atoms with Crippen LogP contribution in [0, 0.1) is 0 Å². The number of hydrogen-bond donors (Lipinski definition) is 1. The molecule has 0 amide bonds. The summed E-state index contributed by atoms with van der Waals surface area (Å²) in [4.78, 5) is 0. The summed E-state index contributed by atoms with van der Waals surface area (Å²) in [6, 6.07) is 5.97. The lowest BCUT2D eigenvalue weighted by atomic mass is 9.98. The fourth-order valence-corrected chi connectivity index (χ4v) is 1.40. The fraction of sp³-hybridized carbons (Fsp3) is 0.273. The van der Waals surface area contributed by atoms with E-state index in [0.29, 0.717) is 0 Å². The van der Waals surface area contributed by atoms with Crippen molar-refractivity contribution in [3.63, 3.8) is 0 Å². The Hall–Kier alpha value is -1.24. The van der Waals surface area contributed by atoms with Crippen LogP contribution < -0.4 is 5.73 Å². The second-order valence-corrected chi connectivity index (χ2v) is 3.01. The molecule has 1 aromatic carbocycles. The molecule has 0 unspecified atom stereocenters. The molecule has 0 spiro atoms. The first kappa shape index (κ1) is 8.85. The molecule has 1 rings (SSSR count). The average Bonchev–Trinajstić information content (AvgIpc) is 2.03. The van der Waals surface area contributed by atoms with E-state index < -0.39 is 0 Å². The van der Waals surface area contributed by atoms with Gasteiger partial charge in [0, 0.05) is 5.69 Å². The average molecular weight is 161 g/mol. The van der Waals surface area contributed by atoms with Crippen molar-refractivity contribution in [2.45, 2.75) is 20.3 Å². The third-order valence-corrected chi connectivity index (χ3v) is 2.03. The van der Waals surface area contributed by atoms with Gasteiger partial charge in [-0.25, -0.2) is 0 Å². The van der Waals surface area contributed by atoms with E-state index in [1.807, 2.05) is 19.1 Å². The largest absolute Gasteiger partial charge is 0.398 e. The molecule has 0 saturated heterocycles. The Balaban J connectivity index is 3.27. The van der Waals surface area contributed by atoms with Gasteiger partial charge in [0.05, 0.1) is 0 Å². The van der Waals surface area contributed by atoms with Gasteiger partial charge in [-0.15, -0.1) is 0 Å². The summed E-state index contributed by atoms with van der Waals surface area (Å²) >= 11 is 0. The first-order chi connectivity index (χ1) is 5.66. The number of rotatable bonds is 2. The van der Waals surface area contributed by atoms with Crippen LogP contribution in [0.3, 0.4) is 0 Å². The molecule has 0 aliphatic carbocycles. The first-order valence-electron chi connectivity index (χ1n) is 4.20. The predicted molar refractivity (Wildman–Crippen MR) is 54.9 cm³/mol. The molecule has 0 fully saturated rings. The van der Waals surface area contributed by atoms with E-state index in [-0.39, 0.29) is 0 Å². The van der Waals surface area contributed by atoms with Crippen molar-refractivity contribution < 1.29 is 0 Å². The molecule has 0 atom stereocenters. The maximum Gasteiger partial charge on any atom is 0.0352 e. The van der Waals surface area contributed by atoms with Crippen molar-refractivity contribution >= 4 is 11.3 Å². The Morgan fingerprint density at radius 3 is 2.58 bits per heavy atom. The topological polar surface area (TPSA) is 26.0 Å². The molecule has 0 saturated carbocycles. The van der Waals surface area contributed by atoms with Crippen molar-refractivity contribution in [2.75, 3.05) is 5.73 Å². The molecule has 0 aliphatic rings. The van der Waals surface area contributed by atoms with Crippen LogP contribution in [-0.4, -0.2) is 0 Å². The third kappa shape index (κ3) is 1.50. The zero-order chi connectivity index (χ0) is 9.14. The first-order valence-corrected chi connectivity index (χ1v) is 4.20. The van der Waals surface area contributed by atoms with E-state index in [1.165, 1.54) is 11.1 Å². The smallest absolute Gasteiger partial charge is 0.0352 e. The van der Waals surface area contributed by atoms with Crippen LogP contribution in [-0.2, 0) is 6.42 Å². The molecule has 1 nitrogen and oxygen atoms in total. The number of allylic oxidation sites excluding steroid dienone is 1. The quantitative estimate of drug-likeness (QED) is 0.663. The molecule has 0 aliphatic heterocycles. The summed E-state index contributed by atoms with van der Waals surface area (Å²) in [7, 11) is 0. The van der Waals surface area contributed by atoms with Crippen LogP contribution in [0.4, 0.5) is 5.69 Å². The van der Waals surface area contributed by atoms with Crippen LogP contribution in [0.2, 0.25) is 0 Å². The number of anilines is 1. The highest BCUT2D eigenvalue weighted by atomic mass is 14.6. The Kier molecular flexibility index (Phi) is 2.54. The minimum absolute atomic E-state index is 0.873. The summed E-state index contributed by atoms with van der Waals surface area (Å²) in [5, 5.41) is 0. The van der Waals surface area contributed by atoms with Gasteiger partial charge in [0.25, 0.3) is 0 Å². The van der Waals surface area contributed by atoms with Gasteiger partial charge < -0.3 is 5.73 Å². The third-order valence-electron chi connectivity index (χ3n) is 2.03. The van der Waals surface area contributed by atoms with Gasteiger partial charge >= 0.3 is 0 Å². The Labute approximate surface area is 73.9 Å². The van der Waals surface area contributed by atoms with E-state index in [9.17, 15) is 0 Å². The van der Waals surface area contributed by atoms with Crippen LogP contribution in [0.5, 0.6) is 0 Å². The van der Waals surface area contributed by atoms with Crippen molar-refractivity contribution in [1.82, 2.24) is 0 Å². The second kappa shape index (κ2) is 3.44. The van der Waals surface area contributed by atoms with Crippen molar-refractivity contribution in [2.24, 2.45) is 0 Å². The summed E-state index contributed by atoms with van der Waals surface area (Å²) < 4.78 is 0. The van der Waals surface area contributed by atoms with Crippen molar-refractivity contribution in [1.29, 1.82) is 0 Å². The van der Waals surface area contributed by atoms with Gasteiger partial charge in [-0.1, -0.05) is 31.2 Å². The molecular weight excluding hydrogens is 146 g/mol. The number of hydrogen-bond acceptors (Lipinski definition) is 1. The van der Waals surface area contributed by atoms with Gasteiger partial charge in [-0.05, 0) is 30.5 Å². The van der Waals surface area contributed by atoms with Crippen LogP contribution in [0.15, 0.2) is 24.8 Å². The standard InChI is InChI=1S/C11H15N/c1-4-9-10(8(2)3)6-5-7-11(9)12/h5-7H,2,4,12H2,1,3H3. The predicted octanol–water partition coefficient (Wildman–Crippen LogP) is 2.86. The second-order valence-electron chi connectivity index (χ2n) is 3.01. The van der Waals surface area contributed by atoms with Gasteiger partial charge in [0.1, 0.15) is 0 Å². The zero-order valence-corrected chi connectivity index (χ0v) is 7.72. The number of nitrogen functional groups attached to an aromatic ring is 1. The number of benzene rings is 1. The molecule has 64 valence electrons. The maximum atomic E-state index is 5.83. The minimum atomic E-state index is 0.873. The summed E-state index contributed by atoms with van der Waals surface area (Å²) in [6.45, 7) is 8.04. The molecule has 1 aromatic rings. The molecule has 2 N–H and O–H groups in total. The van der Waals surface area contributed by atoms with Crippen LogP contribution in [0.25, 0.3) is 5.57 Å². The van der Waals surface area contributed by atoms with E-state index in [0.717, 1.165) is 17.7 Å². The molecule has 0 bridgehead atoms. The normalized spacial score (nSPS) is 9.83. The molecule has 0 heterocycles.